The van der Waals surface area contributed by atoms with Gasteiger partial charge in [-0.3, -0.25) is 0 Å². The molecule has 1 atom stereocenters. The fourth-order valence-corrected chi connectivity index (χ4v) is 2.82. The Hall–Kier alpha value is -1.42. The lowest BCUT2D eigenvalue weighted by Gasteiger charge is -2.23. The molecule has 0 radical (unpaired) electrons. The van der Waals surface area contributed by atoms with E-state index in [1.54, 1.807) is 19.1 Å². The second-order valence-electron chi connectivity index (χ2n) is 5.27. The summed E-state index contributed by atoms with van der Waals surface area (Å²) in [4.78, 5) is 11.4. The molecule has 0 spiro atoms. The molecule has 1 fully saturated rings. The predicted molar refractivity (Wildman–Crippen MR) is 73.8 cm³/mol. The Labute approximate surface area is 118 Å². The second kappa shape index (κ2) is 6.84. The number of hydrogen-bond acceptors (Lipinski definition) is 3. The van der Waals surface area contributed by atoms with Crippen molar-refractivity contribution in [2.45, 2.75) is 51.0 Å². The number of hydrogen-bond donors (Lipinski definition) is 1. The van der Waals surface area contributed by atoms with Crippen LogP contribution in [0.5, 0.6) is 0 Å². The number of rotatable bonds is 4. The Bertz CT molecular complexity index is 467. The molecule has 0 bridgehead atoms. The standard InChI is InChI=1S/C16H21FO3/c1-2-20-16(19)15(18)12-8-9-13(14(17)10-12)11-6-4-3-5-7-11/h8-11,15,18H,2-7H2,1H3. The number of ether oxygens (including phenoxy) is 1. The highest BCUT2D eigenvalue weighted by Crippen LogP contribution is 2.34. The van der Waals surface area contributed by atoms with Crippen LogP contribution in [0.4, 0.5) is 4.39 Å². The van der Waals surface area contributed by atoms with E-state index in [0.29, 0.717) is 5.56 Å². The van der Waals surface area contributed by atoms with Crippen LogP contribution in [-0.2, 0) is 9.53 Å². The predicted octanol–water partition coefficient (Wildman–Crippen LogP) is 3.47. The number of esters is 1. The van der Waals surface area contributed by atoms with Crippen LogP contribution in [-0.4, -0.2) is 17.7 Å². The fourth-order valence-electron chi connectivity index (χ4n) is 2.82. The molecule has 0 aromatic heterocycles. The van der Waals surface area contributed by atoms with Crippen LogP contribution in [0.2, 0.25) is 0 Å². The van der Waals surface area contributed by atoms with Crippen LogP contribution in [0.1, 0.15) is 62.2 Å². The molecule has 20 heavy (non-hydrogen) atoms. The molecule has 1 aromatic rings. The van der Waals surface area contributed by atoms with Gasteiger partial charge in [0.1, 0.15) is 5.82 Å². The van der Waals surface area contributed by atoms with Crippen molar-refractivity contribution in [1.29, 1.82) is 0 Å². The van der Waals surface area contributed by atoms with E-state index in [9.17, 15) is 14.3 Å². The van der Waals surface area contributed by atoms with Gasteiger partial charge in [0.05, 0.1) is 6.61 Å². The normalized spacial score (nSPS) is 17.8. The maximum Gasteiger partial charge on any atom is 0.339 e. The van der Waals surface area contributed by atoms with E-state index in [4.69, 9.17) is 4.74 Å². The van der Waals surface area contributed by atoms with Crippen molar-refractivity contribution in [3.05, 3.63) is 35.1 Å². The van der Waals surface area contributed by atoms with Crippen LogP contribution in [0.15, 0.2) is 18.2 Å². The van der Waals surface area contributed by atoms with E-state index in [1.165, 1.54) is 12.5 Å². The third-order valence-electron chi connectivity index (χ3n) is 3.90. The first-order valence-corrected chi connectivity index (χ1v) is 7.27. The van der Waals surface area contributed by atoms with E-state index < -0.39 is 12.1 Å². The zero-order valence-electron chi connectivity index (χ0n) is 11.8. The molecule has 1 aromatic carbocycles. The first-order chi connectivity index (χ1) is 9.63. The maximum absolute atomic E-state index is 14.2. The summed E-state index contributed by atoms with van der Waals surface area (Å²) in [7, 11) is 0. The minimum atomic E-state index is -1.41. The topological polar surface area (TPSA) is 46.5 Å². The van der Waals surface area contributed by atoms with Gasteiger partial charge in [-0.1, -0.05) is 31.4 Å². The molecular weight excluding hydrogens is 259 g/mol. The number of aliphatic hydroxyl groups excluding tert-OH is 1. The van der Waals surface area contributed by atoms with Crippen molar-refractivity contribution in [1.82, 2.24) is 0 Å². The minimum Gasteiger partial charge on any atom is -0.464 e. The van der Waals surface area contributed by atoms with Gasteiger partial charge in [-0.15, -0.1) is 0 Å². The van der Waals surface area contributed by atoms with Gasteiger partial charge in [0.15, 0.2) is 6.10 Å². The highest BCUT2D eigenvalue weighted by atomic mass is 19.1. The van der Waals surface area contributed by atoms with Crippen molar-refractivity contribution in [3.8, 4) is 0 Å². The number of benzene rings is 1. The Morgan fingerprint density at radius 2 is 2.10 bits per heavy atom. The Morgan fingerprint density at radius 3 is 2.70 bits per heavy atom. The molecule has 1 unspecified atom stereocenters. The molecule has 1 N–H and O–H groups in total. The van der Waals surface area contributed by atoms with Gasteiger partial charge < -0.3 is 9.84 Å². The Morgan fingerprint density at radius 1 is 1.40 bits per heavy atom. The monoisotopic (exact) mass is 280 g/mol. The molecule has 0 aliphatic heterocycles. The summed E-state index contributed by atoms with van der Waals surface area (Å²) in [5.74, 6) is -0.812. The largest absolute Gasteiger partial charge is 0.464 e. The Balaban J connectivity index is 2.14. The van der Waals surface area contributed by atoms with Crippen LogP contribution in [0.3, 0.4) is 0 Å². The highest BCUT2D eigenvalue weighted by molar-refractivity contribution is 5.76. The first-order valence-electron chi connectivity index (χ1n) is 7.27. The average Bonchev–Trinajstić information content (AvgIpc) is 2.47. The van der Waals surface area contributed by atoms with E-state index in [-0.39, 0.29) is 23.9 Å². The van der Waals surface area contributed by atoms with Crippen LogP contribution >= 0.6 is 0 Å². The first kappa shape index (κ1) is 15.0. The molecule has 0 heterocycles. The van der Waals surface area contributed by atoms with Gasteiger partial charge in [-0.2, -0.15) is 0 Å². The summed E-state index contributed by atoms with van der Waals surface area (Å²) >= 11 is 0. The van der Waals surface area contributed by atoms with Crippen molar-refractivity contribution >= 4 is 5.97 Å². The van der Waals surface area contributed by atoms with E-state index in [1.807, 2.05) is 0 Å². The molecule has 0 saturated heterocycles. The second-order valence-corrected chi connectivity index (χ2v) is 5.27. The molecule has 4 heteroatoms. The van der Waals surface area contributed by atoms with Crippen molar-refractivity contribution in [3.63, 3.8) is 0 Å². The minimum absolute atomic E-state index is 0.193. The van der Waals surface area contributed by atoms with Gasteiger partial charge in [0.2, 0.25) is 0 Å². The van der Waals surface area contributed by atoms with Crippen molar-refractivity contribution in [2.75, 3.05) is 6.61 Å². The van der Waals surface area contributed by atoms with Gasteiger partial charge in [0, 0.05) is 0 Å². The molecule has 2 rings (SSSR count). The Kier molecular flexibility index (Phi) is 5.12. The third kappa shape index (κ3) is 3.37. The molecule has 1 saturated carbocycles. The lowest BCUT2D eigenvalue weighted by Crippen LogP contribution is -2.16. The van der Waals surface area contributed by atoms with Crippen LogP contribution in [0, 0.1) is 5.82 Å². The molecular formula is C16H21FO3. The number of halogens is 1. The lowest BCUT2D eigenvalue weighted by molar-refractivity contribution is -0.153. The lowest BCUT2D eigenvalue weighted by atomic mass is 9.83. The molecule has 110 valence electrons. The van der Waals surface area contributed by atoms with Gasteiger partial charge in [0.25, 0.3) is 0 Å². The number of aliphatic hydroxyl groups is 1. The fraction of sp³-hybridized carbons (Fsp3) is 0.562. The molecule has 1 aliphatic carbocycles. The third-order valence-corrected chi connectivity index (χ3v) is 3.90. The molecule has 1 aliphatic rings. The maximum atomic E-state index is 14.2. The summed E-state index contributed by atoms with van der Waals surface area (Å²) in [6.07, 6.45) is 4.10. The van der Waals surface area contributed by atoms with E-state index in [0.717, 1.165) is 25.7 Å². The van der Waals surface area contributed by atoms with Gasteiger partial charge >= 0.3 is 5.97 Å². The van der Waals surface area contributed by atoms with Gasteiger partial charge in [-0.05, 0) is 42.9 Å². The van der Waals surface area contributed by atoms with Crippen molar-refractivity contribution < 1.29 is 19.0 Å². The quantitative estimate of drug-likeness (QED) is 0.859. The number of carbonyl (C=O) groups excluding carboxylic acids is 1. The zero-order chi connectivity index (χ0) is 14.5. The number of carbonyl (C=O) groups is 1. The van der Waals surface area contributed by atoms with Gasteiger partial charge in [-0.25, -0.2) is 9.18 Å². The summed E-state index contributed by atoms with van der Waals surface area (Å²) in [5, 5.41) is 9.80. The average molecular weight is 280 g/mol. The van der Waals surface area contributed by atoms with E-state index in [2.05, 4.69) is 0 Å². The van der Waals surface area contributed by atoms with Crippen molar-refractivity contribution in [2.24, 2.45) is 0 Å². The summed E-state index contributed by atoms with van der Waals surface area (Å²) in [5.41, 5.74) is 0.949. The molecule has 3 nitrogen and oxygen atoms in total. The van der Waals surface area contributed by atoms with Crippen LogP contribution < -0.4 is 0 Å². The van der Waals surface area contributed by atoms with E-state index >= 15 is 0 Å². The zero-order valence-corrected chi connectivity index (χ0v) is 11.8. The molecule has 0 amide bonds. The summed E-state index contributed by atoms with van der Waals surface area (Å²) in [6, 6.07) is 4.57. The highest BCUT2D eigenvalue weighted by Gasteiger charge is 2.23. The van der Waals surface area contributed by atoms with Crippen LogP contribution in [0.25, 0.3) is 0 Å². The summed E-state index contributed by atoms with van der Waals surface area (Å²) < 4.78 is 18.9. The summed E-state index contributed by atoms with van der Waals surface area (Å²) in [6.45, 7) is 1.86. The SMILES string of the molecule is CCOC(=O)C(O)c1ccc(C2CCCCC2)c(F)c1. The smallest absolute Gasteiger partial charge is 0.339 e.